The highest BCUT2D eigenvalue weighted by Crippen LogP contribution is 2.31. The lowest BCUT2D eigenvalue weighted by molar-refractivity contribution is -0.137. The topological polar surface area (TPSA) is 97.0 Å². The second-order valence-electron chi connectivity index (χ2n) is 6.10. The first-order valence-electron chi connectivity index (χ1n) is 8.18. The highest BCUT2D eigenvalue weighted by Gasteiger charge is 2.33. The Balaban J connectivity index is 1.85. The van der Waals surface area contributed by atoms with Crippen LogP contribution in [0.4, 0.5) is 22.0 Å². The summed E-state index contributed by atoms with van der Waals surface area (Å²) in [5.74, 6) is 0. The maximum Gasteiger partial charge on any atom is 0.416 e. The number of rotatable bonds is 6. The number of nitrogens with zero attached hydrogens (tertiary/aromatic N) is 5. The summed E-state index contributed by atoms with van der Waals surface area (Å²) in [6, 6.07) is 5.22. The number of hydrogen-bond donors (Lipinski definition) is 2. The van der Waals surface area contributed by atoms with Crippen molar-refractivity contribution >= 4 is 0 Å². The number of pyridine rings is 1. The average Bonchev–Trinajstić information content (AvgIpc) is 3.22. The fourth-order valence-corrected chi connectivity index (χ4v) is 2.70. The summed E-state index contributed by atoms with van der Waals surface area (Å²) >= 11 is 0. The van der Waals surface area contributed by atoms with E-state index in [0.29, 0.717) is 0 Å². The van der Waals surface area contributed by atoms with Crippen molar-refractivity contribution in [3.63, 3.8) is 0 Å². The molecule has 2 N–H and O–H groups in total. The van der Waals surface area contributed by atoms with Crippen LogP contribution in [0.15, 0.2) is 48.9 Å². The molecule has 0 aliphatic carbocycles. The van der Waals surface area contributed by atoms with Crippen LogP contribution >= 0.6 is 0 Å². The zero-order valence-corrected chi connectivity index (χ0v) is 14.4. The Hall–Kier alpha value is -2.99. The van der Waals surface area contributed by atoms with E-state index in [9.17, 15) is 32.2 Å². The Morgan fingerprint density at radius 1 is 0.931 bits per heavy atom. The predicted molar refractivity (Wildman–Crippen MR) is 87.7 cm³/mol. The molecular formula is C17H14F5N5O2. The summed E-state index contributed by atoms with van der Waals surface area (Å²) in [6.45, 7) is 0. The van der Waals surface area contributed by atoms with Crippen LogP contribution in [-0.2, 0) is 6.18 Å². The van der Waals surface area contributed by atoms with Crippen molar-refractivity contribution in [2.24, 2.45) is 0 Å². The van der Waals surface area contributed by atoms with Gasteiger partial charge in [-0.25, -0.2) is 13.5 Å². The number of aliphatic hydroxyl groups excluding tert-OH is 2. The van der Waals surface area contributed by atoms with Gasteiger partial charge in [-0.2, -0.15) is 13.2 Å². The molecule has 12 heteroatoms. The molecular weight excluding hydrogens is 401 g/mol. The van der Waals surface area contributed by atoms with Crippen molar-refractivity contribution in [2.75, 3.05) is 0 Å². The molecule has 3 atom stereocenters. The van der Waals surface area contributed by atoms with Gasteiger partial charge in [0.05, 0.1) is 11.3 Å². The molecule has 154 valence electrons. The third kappa shape index (κ3) is 4.54. The van der Waals surface area contributed by atoms with Crippen LogP contribution in [0.25, 0.3) is 0 Å². The maximum atomic E-state index is 13.0. The Kier molecular flexibility index (Phi) is 5.84. The van der Waals surface area contributed by atoms with Gasteiger partial charge in [0.15, 0.2) is 0 Å². The lowest BCUT2D eigenvalue weighted by atomic mass is 10.00. The van der Waals surface area contributed by atoms with E-state index in [4.69, 9.17) is 0 Å². The number of halogens is 5. The molecule has 0 fully saturated rings. The van der Waals surface area contributed by atoms with Crippen molar-refractivity contribution in [3.05, 3.63) is 71.3 Å². The highest BCUT2D eigenvalue weighted by molar-refractivity contribution is 5.32. The molecule has 0 aliphatic rings. The molecule has 3 rings (SSSR count). The van der Waals surface area contributed by atoms with Gasteiger partial charge in [0.1, 0.15) is 24.6 Å². The Bertz CT molecular complexity index is 917. The zero-order valence-electron chi connectivity index (χ0n) is 14.4. The van der Waals surface area contributed by atoms with Crippen molar-refractivity contribution in [1.82, 2.24) is 25.2 Å². The number of aliphatic hydroxyl groups is 2. The van der Waals surface area contributed by atoms with Crippen molar-refractivity contribution in [2.45, 2.75) is 30.9 Å². The first kappa shape index (κ1) is 20.7. The third-order valence-electron chi connectivity index (χ3n) is 4.21. The second-order valence-corrected chi connectivity index (χ2v) is 6.10. The number of benzene rings is 1. The molecule has 7 nitrogen and oxygen atoms in total. The first-order valence-corrected chi connectivity index (χ1v) is 8.18. The highest BCUT2D eigenvalue weighted by atomic mass is 19.4. The third-order valence-corrected chi connectivity index (χ3v) is 4.21. The Labute approximate surface area is 160 Å². The number of aromatic nitrogens is 5. The van der Waals surface area contributed by atoms with Gasteiger partial charge in [0.25, 0.3) is 6.43 Å². The summed E-state index contributed by atoms with van der Waals surface area (Å²) in [7, 11) is 0. The minimum absolute atomic E-state index is 0.00784. The van der Waals surface area contributed by atoms with Crippen LogP contribution in [0.2, 0.25) is 0 Å². The summed E-state index contributed by atoms with van der Waals surface area (Å²) < 4.78 is 64.9. The summed E-state index contributed by atoms with van der Waals surface area (Å²) in [5, 5.41) is 30.4. The van der Waals surface area contributed by atoms with E-state index in [1.807, 2.05) is 0 Å². The van der Waals surface area contributed by atoms with E-state index in [2.05, 4.69) is 20.5 Å². The van der Waals surface area contributed by atoms with Crippen LogP contribution in [0, 0.1) is 0 Å². The molecule has 0 spiro atoms. The second kappa shape index (κ2) is 8.17. The van der Waals surface area contributed by atoms with E-state index in [-0.39, 0.29) is 16.8 Å². The molecule has 0 amide bonds. The Morgan fingerprint density at radius 3 is 2.07 bits per heavy atom. The van der Waals surface area contributed by atoms with Gasteiger partial charge < -0.3 is 10.2 Å². The molecule has 0 radical (unpaired) electrons. The molecule has 2 heterocycles. The minimum atomic E-state index is -4.50. The van der Waals surface area contributed by atoms with Gasteiger partial charge in [-0.3, -0.25) is 4.98 Å². The van der Waals surface area contributed by atoms with Gasteiger partial charge in [-0.1, -0.05) is 18.2 Å². The van der Waals surface area contributed by atoms with E-state index in [0.717, 1.165) is 35.3 Å². The van der Waals surface area contributed by atoms with Crippen LogP contribution in [-0.4, -0.2) is 47.9 Å². The fraction of sp³-hybridized carbons (Fsp3) is 0.294. The van der Waals surface area contributed by atoms with Crippen LogP contribution in [0.5, 0.6) is 0 Å². The number of hydrogen-bond acceptors (Lipinski definition) is 6. The Morgan fingerprint density at radius 2 is 1.59 bits per heavy atom. The van der Waals surface area contributed by atoms with Crippen LogP contribution in [0.3, 0.4) is 0 Å². The predicted octanol–water partition coefficient (Wildman–Crippen LogP) is 2.38. The van der Waals surface area contributed by atoms with E-state index in [1.165, 1.54) is 18.3 Å². The van der Waals surface area contributed by atoms with Crippen molar-refractivity contribution < 1.29 is 32.2 Å². The molecule has 3 unspecified atom stereocenters. The average molecular weight is 415 g/mol. The van der Waals surface area contributed by atoms with E-state index >= 15 is 0 Å². The lowest BCUT2D eigenvalue weighted by Gasteiger charge is -2.21. The SMILES string of the molecule is OC(c1ccc(C(F)(F)F)cc1)c1ccc(C(C(O)C(F)F)n2cnnn2)nc1. The molecule has 2 aromatic heterocycles. The van der Waals surface area contributed by atoms with Gasteiger partial charge in [-0.15, -0.1) is 5.10 Å². The monoisotopic (exact) mass is 415 g/mol. The number of tetrazole rings is 1. The van der Waals surface area contributed by atoms with Crippen molar-refractivity contribution in [3.8, 4) is 0 Å². The summed E-state index contributed by atoms with van der Waals surface area (Å²) in [4.78, 5) is 3.99. The van der Waals surface area contributed by atoms with E-state index in [1.54, 1.807) is 0 Å². The zero-order chi connectivity index (χ0) is 21.2. The van der Waals surface area contributed by atoms with Gasteiger partial charge in [-0.05, 0) is 34.2 Å². The molecule has 0 saturated heterocycles. The minimum Gasteiger partial charge on any atom is -0.384 e. The standard InChI is InChI=1S/C17H14F5N5O2/c18-16(19)15(29)13(27-8-24-25-26-27)12-6-3-10(7-23-12)14(28)9-1-4-11(5-2-9)17(20,21)22/h1-8,13-16,28-29H. The van der Waals surface area contributed by atoms with E-state index < -0.39 is 36.4 Å². The smallest absolute Gasteiger partial charge is 0.384 e. The lowest BCUT2D eigenvalue weighted by Crippen LogP contribution is -2.32. The first-order chi connectivity index (χ1) is 13.7. The van der Waals surface area contributed by atoms with Crippen LogP contribution in [0.1, 0.15) is 34.5 Å². The normalized spacial score (nSPS) is 15.3. The molecule has 1 aromatic carbocycles. The molecule has 0 saturated carbocycles. The summed E-state index contributed by atoms with van der Waals surface area (Å²) in [5.41, 5.74) is -0.437. The quantitative estimate of drug-likeness (QED) is 0.600. The largest absolute Gasteiger partial charge is 0.416 e. The van der Waals surface area contributed by atoms with Gasteiger partial charge in [0, 0.05) is 11.8 Å². The van der Waals surface area contributed by atoms with Crippen molar-refractivity contribution in [1.29, 1.82) is 0 Å². The van der Waals surface area contributed by atoms with Gasteiger partial charge in [0.2, 0.25) is 0 Å². The fourth-order valence-electron chi connectivity index (χ4n) is 2.70. The number of alkyl halides is 5. The maximum absolute atomic E-state index is 13.0. The molecule has 3 aromatic rings. The van der Waals surface area contributed by atoms with Crippen LogP contribution < -0.4 is 0 Å². The molecule has 0 bridgehead atoms. The molecule has 29 heavy (non-hydrogen) atoms. The molecule has 0 aliphatic heterocycles. The van der Waals surface area contributed by atoms with Gasteiger partial charge >= 0.3 is 6.18 Å². The summed E-state index contributed by atoms with van der Waals surface area (Å²) in [6.07, 6.45) is -8.80.